The Bertz CT molecular complexity index is 1430. The number of amides is 1. The van der Waals surface area contributed by atoms with Crippen molar-refractivity contribution in [1.29, 1.82) is 0 Å². The second-order valence-corrected chi connectivity index (χ2v) is 10.6. The zero-order valence-corrected chi connectivity index (χ0v) is 20.2. The number of halogens is 4. The Morgan fingerprint density at radius 2 is 1.92 bits per heavy atom. The van der Waals surface area contributed by atoms with E-state index >= 15 is 0 Å². The Labute approximate surface area is 209 Å². The molecule has 3 aromatic rings. The molecule has 1 aromatic carbocycles. The van der Waals surface area contributed by atoms with E-state index in [4.69, 9.17) is 0 Å². The van der Waals surface area contributed by atoms with Crippen molar-refractivity contribution in [3.05, 3.63) is 59.2 Å². The molecule has 2 aromatic heterocycles. The quantitative estimate of drug-likeness (QED) is 0.419. The molecule has 2 N–H and O–H groups in total. The summed E-state index contributed by atoms with van der Waals surface area (Å²) in [4.78, 5) is 17.1. The molecule has 0 bridgehead atoms. The van der Waals surface area contributed by atoms with Crippen LogP contribution in [0.15, 0.2) is 36.7 Å². The van der Waals surface area contributed by atoms with Gasteiger partial charge in [-0.05, 0) is 42.3 Å². The first-order valence-electron chi connectivity index (χ1n) is 11.0. The lowest BCUT2D eigenvalue weighted by molar-refractivity contribution is -0.130. The highest BCUT2D eigenvalue weighted by Gasteiger charge is 2.35. The fraction of sp³-hybridized carbons (Fsp3) is 0.364. The average molecular weight is 543 g/mol. The van der Waals surface area contributed by atoms with E-state index in [-0.39, 0.29) is 42.7 Å². The van der Waals surface area contributed by atoms with Crippen molar-refractivity contribution in [1.82, 2.24) is 24.1 Å². The van der Waals surface area contributed by atoms with Gasteiger partial charge in [0.1, 0.15) is 23.7 Å². The summed E-state index contributed by atoms with van der Waals surface area (Å²) in [6, 6.07) is 6.53. The number of anilines is 1. The Balaban J connectivity index is 1.51. The third-order valence-corrected chi connectivity index (χ3v) is 7.56. The van der Waals surface area contributed by atoms with Crippen LogP contribution in [0, 0.1) is 5.82 Å². The van der Waals surface area contributed by atoms with Gasteiger partial charge in [-0.3, -0.25) is 4.79 Å². The van der Waals surface area contributed by atoms with Gasteiger partial charge < -0.3 is 15.0 Å². The van der Waals surface area contributed by atoms with E-state index in [9.17, 15) is 35.9 Å². The summed E-state index contributed by atoms with van der Waals surface area (Å²) in [5.74, 6) is -2.47. The van der Waals surface area contributed by atoms with Crippen LogP contribution in [0.2, 0.25) is 0 Å². The Morgan fingerprint density at radius 1 is 1.22 bits per heavy atom. The van der Waals surface area contributed by atoms with Gasteiger partial charge in [0.2, 0.25) is 10.0 Å². The standard InChI is InChI=1S/C22H22F4N6O4S/c1-13(11-33)32-12-27-30-20(32)18-3-2-4-19(28-18)29-21(34)16-7-14-9-31(10-15(14)8-17(16)23)37(35,36)6-5-22(24,25)26/h2-4,7-8,12-13,33H,5-6,9-11H2,1H3,(H,28,29,34)/t13-/m1/s1. The summed E-state index contributed by atoms with van der Waals surface area (Å²) in [5, 5.41) is 19.7. The van der Waals surface area contributed by atoms with Crippen LogP contribution in [0.1, 0.15) is 40.9 Å². The fourth-order valence-corrected chi connectivity index (χ4v) is 5.20. The van der Waals surface area contributed by atoms with Crippen LogP contribution >= 0.6 is 0 Å². The molecule has 3 heterocycles. The summed E-state index contributed by atoms with van der Waals surface area (Å²) in [6.45, 7) is 1.02. The van der Waals surface area contributed by atoms with Gasteiger partial charge in [0.05, 0.1) is 30.4 Å². The predicted octanol–water partition coefficient (Wildman–Crippen LogP) is 2.88. The van der Waals surface area contributed by atoms with Gasteiger partial charge in [0, 0.05) is 13.1 Å². The number of alkyl halides is 3. The second kappa shape index (κ2) is 10.1. The first-order chi connectivity index (χ1) is 17.4. The number of fused-ring (bicyclic) bond motifs is 1. The third kappa shape index (κ3) is 5.94. The van der Waals surface area contributed by atoms with Crippen LogP contribution in [0.25, 0.3) is 11.5 Å². The number of aliphatic hydroxyl groups excluding tert-OH is 1. The molecule has 0 saturated heterocycles. The third-order valence-electron chi connectivity index (χ3n) is 5.80. The van der Waals surface area contributed by atoms with E-state index in [1.807, 2.05) is 0 Å². The number of carbonyl (C=O) groups excluding carboxylic acids is 1. The van der Waals surface area contributed by atoms with Gasteiger partial charge in [-0.1, -0.05) is 6.07 Å². The van der Waals surface area contributed by atoms with Gasteiger partial charge in [-0.25, -0.2) is 17.8 Å². The smallest absolute Gasteiger partial charge is 0.390 e. The van der Waals surface area contributed by atoms with Crippen LogP contribution in [0.4, 0.5) is 23.4 Å². The number of hydrogen-bond acceptors (Lipinski definition) is 7. The van der Waals surface area contributed by atoms with Gasteiger partial charge in [0.25, 0.3) is 5.91 Å². The zero-order chi connectivity index (χ0) is 27.0. The van der Waals surface area contributed by atoms with E-state index in [0.717, 1.165) is 10.4 Å². The largest absolute Gasteiger partial charge is 0.394 e. The van der Waals surface area contributed by atoms with Crippen molar-refractivity contribution in [2.75, 3.05) is 17.7 Å². The molecule has 10 nitrogen and oxygen atoms in total. The van der Waals surface area contributed by atoms with E-state index in [1.54, 1.807) is 23.6 Å². The normalized spacial score (nSPS) is 15.0. The maximum atomic E-state index is 14.8. The first kappa shape index (κ1) is 26.6. The molecular weight excluding hydrogens is 520 g/mol. The highest BCUT2D eigenvalue weighted by molar-refractivity contribution is 7.89. The molecule has 0 radical (unpaired) electrons. The summed E-state index contributed by atoms with van der Waals surface area (Å²) >= 11 is 0. The van der Waals surface area contributed by atoms with Gasteiger partial charge in [-0.2, -0.15) is 17.5 Å². The first-order valence-corrected chi connectivity index (χ1v) is 12.6. The highest BCUT2D eigenvalue weighted by Crippen LogP contribution is 2.30. The molecule has 4 rings (SSSR count). The number of sulfonamides is 1. The topological polar surface area (TPSA) is 130 Å². The van der Waals surface area contributed by atoms with E-state index in [0.29, 0.717) is 17.1 Å². The van der Waals surface area contributed by atoms with Crippen molar-refractivity contribution in [2.24, 2.45) is 0 Å². The molecule has 0 fully saturated rings. The molecule has 15 heteroatoms. The van der Waals surface area contributed by atoms with Gasteiger partial charge in [-0.15, -0.1) is 10.2 Å². The van der Waals surface area contributed by atoms with E-state index in [2.05, 4.69) is 20.5 Å². The minimum absolute atomic E-state index is 0.0740. The zero-order valence-electron chi connectivity index (χ0n) is 19.4. The molecule has 0 unspecified atom stereocenters. The lowest BCUT2D eigenvalue weighted by Crippen LogP contribution is -2.30. The lowest BCUT2D eigenvalue weighted by Gasteiger charge is -2.16. The van der Waals surface area contributed by atoms with Crippen molar-refractivity contribution in [3.63, 3.8) is 0 Å². The number of nitrogens with one attached hydrogen (secondary N) is 1. The molecule has 198 valence electrons. The summed E-state index contributed by atoms with van der Waals surface area (Å²) in [7, 11) is -4.24. The van der Waals surface area contributed by atoms with Gasteiger partial charge >= 0.3 is 6.18 Å². The summed E-state index contributed by atoms with van der Waals surface area (Å²) in [5.41, 5.74) is 0.541. The molecule has 0 aliphatic carbocycles. The Hall–Kier alpha value is -3.43. The van der Waals surface area contributed by atoms with E-state index < -0.39 is 40.1 Å². The summed E-state index contributed by atoms with van der Waals surface area (Å²) in [6.07, 6.45) is -4.70. The number of hydrogen-bond donors (Lipinski definition) is 2. The van der Waals surface area contributed by atoms with Crippen molar-refractivity contribution < 1.29 is 35.9 Å². The number of aromatic nitrogens is 4. The summed E-state index contributed by atoms with van der Waals surface area (Å²) < 4.78 is 79.3. The maximum Gasteiger partial charge on any atom is 0.390 e. The van der Waals surface area contributed by atoms with Crippen molar-refractivity contribution >= 4 is 21.7 Å². The average Bonchev–Trinajstić information content (AvgIpc) is 3.49. The number of aliphatic hydroxyl groups is 1. The monoisotopic (exact) mass is 542 g/mol. The molecule has 1 aliphatic heterocycles. The van der Waals surface area contributed by atoms with Crippen LogP contribution in [-0.2, 0) is 23.1 Å². The number of pyridine rings is 1. The molecule has 1 amide bonds. The maximum absolute atomic E-state index is 14.8. The lowest BCUT2D eigenvalue weighted by atomic mass is 10.1. The molecule has 0 spiro atoms. The minimum Gasteiger partial charge on any atom is -0.394 e. The highest BCUT2D eigenvalue weighted by atomic mass is 32.2. The SMILES string of the molecule is C[C@H](CO)n1cnnc1-c1cccc(NC(=O)c2cc3c(cc2F)CN(S(=O)(=O)CCC(F)(F)F)C3)n1. The minimum atomic E-state index is -4.63. The van der Waals surface area contributed by atoms with Crippen molar-refractivity contribution in [2.45, 2.75) is 38.7 Å². The van der Waals surface area contributed by atoms with Crippen LogP contribution in [0.3, 0.4) is 0 Å². The fourth-order valence-electron chi connectivity index (χ4n) is 3.78. The Kier molecular flexibility index (Phi) is 7.30. The number of benzene rings is 1. The van der Waals surface area contributed by atoms with Gasteiger partial charge in [0.15, 0.2) is 5.82 Å². The molecule has 1 atom stereocenters. The second-order valence-electron chi connectivity index (χ2n) is 8.51. The molecule has 1 aliphatic rings. The Morgan fingerprint density at radius 3 is 2.59 bits per heavy atom. The van der Waals surface area contributed by atoms with Crippen LogP contribution in [-0.4, -0.2) is 62.0 Å². The molecular formula is C22H22F4N6O4S. The number of rotatable bonds is 8. The molecule has 37 heavy (non-hydrogen) atoms. The van der Waals surface area contributed by atoms with Crippen molar-refractivity contribution in [3.8, 4) is 11.5 Å². The number of nitrogens with zero attached hydrogens (tertiary/aromatic N) is 5. The predicted molar refractivity (Wildman–Crippen MR) is 123 cm³/mol. The number of carbonyl (C=O) groups is 1. The molecule has 0 saturated carbocycles. The van der Waals surface area contributed by atoms with Crippen LogP contribution < -0.4 is 5.32 Å². The van der Waals surface area contributed by atoms with Crippen LogP contribution in [0.5, 0.6) is 0 Å². The van der Waals surface area contributed by atoms with E-state index in [1.165, 1.54) is 18.5 Å².